The zero-order chi connectivity index (χ0) is 17.6. The third-order valence-corrected chi connectivity index (χ3v) is 6.99. The summed E-state index contributed by atoms with van der Waals surface area (Å²) >= 11 is 0. The highest BCUT2D eigenvalue weighted by atomic mass is 16.6. The van der Waals surface area contributed by atoms with E-state index in [1.54, 1.807) is 0 Å². The van der Waals surface area contributed by atoms with Crippen molar-refractivity contribution < 1.29 is 4.92 Å². The second-order valence-electron chi connectivity index (χ2n) is 8.22. The number of benzene rings is 1. The molecule has 1 aromatic carbocycles. The smallest absolute Gasteiger partial charge is 0.292 e. The molecule has 1 aliphatic heterocycles. The summed E-state index contributed by atoms with van der Waals surface area (Å²) in [7, 11) is 2.24. The summed E-state index contributed by atoms with van der Waals surface area (Å²) in [6, 6.07) is 4.59. The highest BCUT2D eigenvalue weighted by Crippen LogP contribution is 2.56. The molecule has 5 heteroatoms. The zero-order valence-electron chi connectivity index (χ0n) is 15.4. The fraction of sp³-hybridized carbons (Fsp3) is 0.700. The Morgan fingerprint density at radius 1 is 1.36 bits per heavy atom. The first-order valence-electron chi connectivity index (χ1n) is 9.82. The van der Waals surface area contributed by atoms with Crippen molar-refractivity contribution >= 4 is 11.4 Å². The van der Waals surface area contributed by atoms with Crippen LogP contribution in [0.2, 0.25) is 0 Å². The Kier molecular flexibility index (Phi) is 4.22. The number of hydrogen-bond acceptors (Lipinski definition) is 4. The van der Waals surface area contributed by atoms with Gasteiger partial charge >= 0.3 is 0 Å². The van der Waals surface area contributed by atoms with Crippen LogP contribution in [0.4, 0.5) is 11.4 Å². The number of likely N-dealkylation sites (N-methyl/N-ethyl adjacent to an activating group) is 1. The van der Waals surface area contributed by atoms with Crippen molar-refractivity contribution in [1.29, 1.82) is 0 Å². The molecule has 2 fully saturated rings. The summed E-state index contributed by atoms with van der Waals surface area (Å²) in [5.74, 6) is 0.716. The predicted octanol–water partition coefficient (Wildman–Crippen LogP) is 4.10. The number of anilines is 1. The van der Waals surface area contributed by atoms with Crippen LogP contribution in [0.3, 0.4) is 0 Å². The van der Waals surface area contributed by atoms with Crippen LogP contribution in [0.1, 0.15) is 56.6 Å². The van der Waals surface area contributed by atoms with Crippen molar-refractivity contribution in [2.24, 2.45) is 5.92 Å². The largest absolute Gasteiger partial charge is 0.379 e. The van der Waals surface area contributed by atoms with Gasteiger partial charge in [-0.25, -0.2) is 0 Å². The van der Waals surface area contributed by atoms with Gasteiger partial charge in [-0.05, 0) is 68.8 Å². The van der Waals surface area contributed by atoms with Crippen LogP contribution in [0.25, 0.3) is 0 Å². The molecule has 1 saturated carbocycles. The second-order valence-corrected chi connectivity index (χ2v) is 8.22. The molecule has 1 N–H and O–H groups in total. The van der Waals surface area contributed by atoms with Gasteiger partial charge in [0.15, 0.2) is 0 Å². The van der Waals surface area contributed by atoms with Gasteiger partial charge in [-0.3, -0.25) is 10.1 Å². The van der Waals surface area contributed by atoms with Gasteiger partial charge < -0.3 is 10.2 Å². The Labute approximate surface area is 149 Å². The molecule has 1 aromatic rings. The van der Waals surface area contributed by atoms with E-state index in [4.69, 9.17) is 0 Å². The summed E-state index contributed by atoms with van der Waals surface area (Å²) in [6.07, 6.45) is 8.31. The molecule has 0 spiro atoms. The van der Waals surface area contributed by atoms with E-state index in [0.29, 0.717) is 12.0 Å². The minimum absolute atomic E-state index is 0.220. The average molecular weight is 343 g/mol. The maximum absolute atomic E-state index is 11.6. The number of nitro groups is 1. The number of rotatable bonds is 4. The number of nitro benzene ring substituents is 1. The lowest BCUT2D eigenvalue weighted by Gasteiger charge is -2.58. The number of nitrogens with one attached hydrogen (secondary N) is 1. The molecular weight excluding hydrogens is 314 g/mol. The van der Waals surface area contributed by atoms with Gasteiger partial charge in [0.1, 0.15) is 5.69 Å². The normalized spacial score (nSPS) is 31.1. The third-order valence-electron chi connectivity index (χ3n) is 6.99. The van der Waals surface area contributed by atoms with Crippen molar-refractivity contribution in [3.63, 3.8) is 0 Å². The van der Waals surface area contributed by atoms with Crippen molar-refractivity contribution in [3.05, 3.63) is 33.4 Å². The Balaban J connectivity index is 1.85. The highest BCUT2D eigenvalue weighted by molar-refractivity contribution is 5.66. The number of likely N-dealkylation sites (tertiary alicyclic amines) is 1. The van der Waals surface area contributed by atoms with E-state index in [9.17, 15) is 10.1 Å². The fourth-order valence-electron chi connectivity index (χ4n) is 5.79. The van der Waals surface area contributed by atoms with Crippen LogP contribution in [0.15, 0.2) is 12.1 Å². The van der Waals surface area contributed by atoms with Crippen LogP contribution in [-0.4, -0.2) is 36.0 Å². The Hall–Kier alpha value is -1.62. The Bertz CT molecular complexity index is 690. The number of fused-ring (bicyclic) bond motifs is 1. The summed E-state index contributed by atoms with van der Waals surface area (Å²) in [6.45, 7) is 4.02. The minimum Gasteiger partial charge on any atom is -0.379 e. The first-order valence-corrected chi connectivity index (χ1v) is 9.82. The molecule has 0 aromatic heterocycles. The standard InChI is InChI=1S/C20H29N3O2/c1-3-9-21-17-13-16-14(12-19(17)23(24)25)11-18-15-6-4-5-7-20(15,16)8-10-22(18)2/h12-13,15,18,21H,3-11H2,1-2H3/t15-,18+,20+/m0/s1. The third kappa shape index (κ3) is 2.55. The summed E-state index contributed by atoms with van der Waals surface area (Å²) < 4.78 is 0. The van der Waals surface area contributed by atoms with E-state index in [1.807, 2.05) is 6.07 Å². The molecule has 3 atom stereocenters. The molecule has 136 valence electrons. The maximum atomic E-state index is 11.6. The predicted molar refractivity (Wildman–Crippen MR) is 100 cm³/mol. The molecule has 1 saturated heterocycles. The molecular formula is C20H29N3O2. The summed E-state index contributed by atoms with van der Waals surface area (Å²) in [5.41, 5.74) is 3.87. The molecule has 1 heterocycles. The number of piperidine rings is 1. The molecule has 4 rings (SSSR count). The van der Waals surface area contributed by atoms with Gasteiger partial charge in [0, 0.05) is 24.1 Å². The number of hydrogen-bond donors (Lipinski definition) is 1. The Morgan fingerprint density at radius 3 is 2.96 bits per heavy atom. The van der Waals surface area contributed by atoms with E-state index in [2.05, 4.69) is 30.3 Å². The van der Waals surface area contributed by atoms with Crippen LogP contribution in [-0.2, 0) is 11.8 Å². The van der Waals surface area contributed by atoms with Crippen molar-refractivity contribution in [1.82, 2.24) is 4.90 Å². The first-order chi connectivity index (χ1) is 12.1. The monoisotopic (exact) mass is 343 g/mol. The lowest BCUT2D eigenvalue weighted by atomic mass is 9.52. The SMILES string of the molecule is CCCNc1cc2c(cc1[N+](=O)[O-])C[C@@H]1[C@@H]3CCCC[C@]23CCN1C. The van der Waals surface area contributed by atoms with Crippen LogP contribution >= 0.6 is 0 Å². The van der Waals surface area contributed by atoms with Gasteiger partial charge in [0.05, 0.1) is 4.92 Å². The molecule has 0 unspecified atom stereocenters. The maximum Gasteiger partial charge on any atom is 0.292 e. The minimum atomic E-state index is -0.220. The molecule has 2 bridgehead atoms. The highest BCUT2D eigenvalue weighted by Gasteiger charge is 2.53. The molecule has 3 aliphatic rings. The zero-order valence-corrected chi connectivity index (χ0v) is 15.4. The van der Waals surface area contributed by atoms with Gasteiger partial charge in [-0.1, -0.05) is 19.8 Å². The van der Waals surface area contributed by atoms with E-state index in [1.165, 1.54) is 43.2 Å². The van der Waals surface area contributed by atoms with Crippen molar-refractivity contribution in [2.45, 2.75) is 63.3 Å². The van der Waals surface area contributed by atoms with E-state index < -0.39 is 0 Å². The first kappa shape index (κ1) is 16.8. The molecule has 0 amide bonds. The van der Waals surface area contributed by atoms with Crippen LogP contribution < -0.4 is 5.32 Å². The van der Waals surface area contributed by atoms with E-state index in [-0.39, 0.29) is 16.0 Å². The lowest BCUT2D eigenvalue weighted by Crippen LogP contribution is -2.59. The Morgan fingerprint density at radius 2 is 2.20 bits per heavy atom. The van der Waals surface area contributed by atoms with Crippen molar-refractivity contribution in [3.8, 4) is 0 Å². The van der Waals surface area contributed by atoms with E-state index in [0.717, 1.165) is 31.6 Å². The molecule has 5 nitrogen and oxygen atoms in total. The van der Waals surface area contributed by atoms with Gasteiger partial charge in [-0.15, -0.1) is 0 Å². The quantitative estimate of drug-likeness (QED) is 0.660. The summed E-state index contributed by atoms with van der Waals surface area (Å²) in [4.78, 5) is 13.9. The lowest BCUT2D eigenvalue weighted by molar-refractivity contribution is -0.384. The molecule has 25 heavy (non-hydrogen) atoms. The van der Waals surface area contributed by atoms with Gasteiger partial charge in [0.2, 0.25) is 0 Å². The van der Waals surface area contributed by atoms with E-state index >= 15 is 0 Å². The molecule has 0 radical (unpaired) electrons. The topological polar surface area (TPSA) is 58.4 Å². The van der Waals surface area contributed by atoms with Crippen molar-refractivity contribution in [2.75, 3.05) is 25.5 Å². The van der Waals surface area contributed by atoms with Gasteiger partial charge in [-0.2, -0.15) is 0 Å². The second kappa shape index (κ2) is 6.27. The van der Waals surface area contributed by atoms with Crippen LogP contribution in [0, 0.1) is 16.0 Å². The average Bonchev–Trinajstić information content (AvgIpc) is 2.62. The molecule has 2 aliphatic carbocycles. The van der Waals surface area contributed by atoms with Crippen LogP contribution in [0.5, 0.6) is 0 Å². The van der Waals surface area contributed by atoms with Gasteiger partial charge in [0.25, 0.3) is 5.69 Å². The fourth-order valence-corrected chi connectivity index (χ4v) is 5.79. The number of nitrogens with zero attached hydrogens (tertiary/aromatic N) is 2. The summed E-state index contributed by atoms with van der Waals surface area (Å²) in [5, 5.41) is 14.9.